The summed E-state index contributed by atoms with van der Waals surface area (Å²) in [6, 6.07) is 7.56. The number of likely N-dealkylation sites (tertiary alicyclic amines) is 1. The van der Waals surface area contributed by atoms with Gasteiger partial charge in [0, 0.05) is 11.1 Å². The predicted octanol–water partition coefficient (Wildman–Crippen LogP) is 1.97. The van der Waals surface area contributed by atoms with Crippen LogP contribution >= 0.6 is 11.6 Å². The van der Waals surface area contributed by atoms with Crippen molar-refractivity contribution >= 4 is 17.5 Å². The topological polar surface area (TPSA) is 52.6 Å². The van der Waals surface area contributed by atoms with Crippen molar-refractivity contribution in [2.75, 3.05) is 19.7 Å². The number of hydrogen-bond donors (Lipinski definition) is 2. The fourth-order valence-electron chi connectivity index (χ4n) is 2.62. The van der Waals surface area contributed by atoms with Crippen molar-refractivity contribution < 1.29 is 9.90 Å². The molecule has 0 aromatic heterocycles. The minimum Gasteiger partial charge on any atom is -0.395 e. The zero-order chi connectivity index (χ0) is 14.5. The van der Waals surface area contributed by atoms with E-state index in [1.54, 1.807) is 0 Å². The van der Waals surface area contributed by atoms with Crippen molar-refractivity contribution in [3.05, 3.63) is 34.9 Å². The molecule has 0 radical (unpaired) electrons. The average Bonchev–Trinajstić information content (AvgIpc) is 2.86. The lowest BCUT2D eigenvalue weighted by Crippen LogP contribution is -2.41. The molecule has 1 amide bonds. The number of halogens is 1. The number of amides is 1. The van der Waals surface area contributed by atoms with Crippen LogP contribution in [0.3, 0.4) is 0 Å². The number of rotatable bonds is 5. The number of aliphatic hydroxyl groups excluding tert-OH is 1. The van der Waals surface area contributed by atoms with Crippen LogP contribution in [0.1, 0.15) is 31.4 Å². The summed E-state index contributed by atoms with van der Waals surface area (Å²) in [6.45, 7) is 3.31. The molecule has 1 unspecified atom stereocenters. The Morgan fingerprint density at radius 2 is 2.20 bits per heavy atom. The van der Waals surface area contributed by atoms with Crippen molar-refractivity contribution in [3.63, 3.8) is 0 Å². The molecule has 0 bridgehead atoms. The Morgan fingerprint density at radius 3 is 2.85 bits per heavy atom. The van der Waals surface area contributed by atoms with Crippen molar-refractivity contribution in [1.82, 2.24) is 10.2 Å². The molecule has 5 heteroatoms. The minimum absolute atomic E-state index is 0.00667. The van der Waals surface area contributed by atoms with E-state index in [2.05, 4.69) is 5.32 Å². The van der Waals surface area contributed by atoms with Crippen LogP contribution < -0.4 is 5.32 Å². The third kappa shape index (κ3) is 3.95. The van der Waals surface area contributed by atoms with Crippen molar-refractivity contribution in [2.45, 2.75) is 31.8 Å². The molecule has 0 aliphatic carbocycles. The maximum atomic E-state index is 12.1. The quantitative estimate of drug-likeness (QED) is 0.873. The van der Waals surface area contributed by atoms with Gasteiger partial charge in [0.2, 0.25) is 5.91 Å². The summed E-state index contributed by atoms with van der Waals surface area (Å²) in [5, 5.41) is 12.9. The number of aliphatic hydroxyl groups is 1. The number of hydrogen-bond acceptors (Lipinski definition) is 3. The van der Waals surface area contributed by atoms with E-state index in [-0.39, 0.29) is 24.6 Å². The zero-order valence-electron chi connectivity index (χ0n) is 11.7. The summed E-state index contributed by atoms with van der Waals surface area (Å²) in [6.07, 6.45) is 2.02. The molecular weight excluding hydrogens is 276 g/mol. The van der Waals surface area contributed by atoms with E-state index in [1.807, 2.05) is 36.1 Å². The van der Waals surface area contributed by atoms with Crippen LogP contribution in [0.25, 0.3) is 0 Å². The lowest BCUT2D eigenvalue weighted by Gasteiger charge is -2.23. The molecule has 1 aromatic rings. The second-order valence-corrected chi connectivity index (χ2v) is 5.73. The summed E-state index contributed by atoms with van der Waals surface area (Å²) in [5.74, 6) is -0.00667. The molecule has 1 heterocycles. The first kappa shape index (κ1) is 15.3. The van der Waals surface area contributed by atoms with Gasteiger partial charge in [-0.15, -0.1) is 0 Å². The van der Waals surface area contributed by atoms with Gasteiger partial charge in [0.25, 0.3) is 0 Å². The molecule has 110 valence electrons. The van der Waals surface area contributed by atoms with Crippen LogP contribution in [0.5, 0.6) is 0 Å². The van der Waals surface area contributed by atoms with Crippen LogP contribution in [0.2, 0.25) is 5.02 Å². The van der Waals surface area contributed by atoms with Gasteiger partial charge >= 0.3 is 0 Å². The highest BCUT2D eigenvalue weighted by Gasteiger charge is 2.25. The highest BCUT2D eigenvalue weighted by molar-refractivity contribution is 6.30. The standard InChI is InChI=1S/C15H21ClN2O2/c1-11(12-4-6-13(16)7-5-12)17-15(20)9-18-8-2-3-14(18)10-19/h4-7,11,14,19H,2-3,8-10H2,1H3,(H,17,20)/t11?,14-/m1/s1. The lowest BCUT2D eigenvalue weighted by molar-refractivity contribution is -0.123. The number of carbonyl (C=O) groups excluding carboxylic acids is 1. The normalized spacial score (nSPS) is 20.9. The Kier molecular flexibility index (Phi) is 5.40. The first-order valence-corrected chi connectivity index (χ1v) is 7.37. The van der Waals surface area contributed by atoms with Crippen molar-refractivity contribution in [2.24, 2.45) is 0 Å². The van der Waals surface area contributed by atoms with Crippen LogP contribution in [0.4, 0.5) is 0 Å². The number of carbonyl (C=O) groups is 1. The van der Waals surface area contributed by atoms with Gasteiger partial charge in [-0.3, -0.25) is 9.69 Å². The summed E-state index contributed by atoms with van der Waals surface area (Å²) >= 11 is 5.85. The largest absolute Gasteiger partial charge is 0.395 e. The van der Waals surface area contributed by atoms with Crippen molar-refractivity contribution in [1.29, 1.82) is 0 Å². The summed E-state index contributed by atoms with van der Waals surface area (Å²) in [5.41, 5.74) is 1.03. The summed E-state index contributed by atoms with van der Waals surface area (Å²) in [7, 11) is 0. The summed E-state index contributed by atoms with van der Waals surface area (Å²) in [4.78, 5) is 14.1. The van der Waals surface area contributed by atoms with Crippen LogP contribution in [-0.4, -0.2) is 41.7 Å². The smallest absolute Gasteiger partial charge is 0.234 e. The fraction of sp³-hybridized carbons (Fsp3) is 0.533. The second kappa shape index (κ2) is 7.07. The number of nitrogens with one attached hydrogen (secondary N) is 1. The molecule has 1 fully saturated rings. The Balaban J connectivity index is 1.86. The van der Waals surface area contributed by atoms with Gasteiger partial charge in [0.05, 0.1) is 19.2 Å². The van der Waals surface area contributed by atoms with Gasteiger partial charge in [-0.1, -0.05) is 23.7 Å². The molecule has 0 saturated carbocycles. The first-order valence-electron chi connectivity index (χ1n) is 7.00. The molecule has 20 heavy (non-hydrogen) atoms. The highest BCUT2D eigenvalue weighted by atomic mass is 35.5. The molecule has 4 nitrogen and oxygen atoms in total. The maximum Gasteiger partial charge on any atom is 0.234 e. The van der Waals surface area contributed by atoms with Gasteiger partial charge < -0.3 is 10.4 Å². The third-order valence-corrected chi connectivity index (χ3v) is 4.06. The van der Waals surface area contributed by atoms with E-state index in [4.69, 9.17) is 11.6 Å². The van der Waals surface area contributed by atoms with Gasteiger partial charge in [0.1, 0.15) is 0 Å². The van der Waals surface area contributed by atoms with Gasteiger partial charge in [-0.25, -0.2) is 0 Å². The van der Waals surface area contributed by atoms with E-state index in [9.17, 15) is 9.90 Å². The highest BCUT2D eigenvalue weighted by Crippen LogP contribution is 2.18. The average molecular weight is 297 g/mol. The van der Waals surface area contributed by atoms with Gasteiger partial charge in [-0.05, 0) is 44.0 Å². The van der Waals surface area contributed by atoms with E-state index in [0.29, 0.717) is 11.6 Å². The molecule has 1 aliphatic heterocycles. The molecule has 2 rings (SSSR count). The molecule has 2 atom stereocenters. The Hall–Kier alpha value is -1.10. The Bertz CT molecular complexity index is 450. The van der Waals surface area contributed by atoms with E-state index in [0.717, 1.165) is 24.9 Å². The Morgan fingerprint density at radius 1 is 1.50 bits per heavy atom. The molecule has 0 spiro atoms. The summed E-state index contributed by atoms with van der Waals surface area (Å²) < 4.78 is 0. The maximum absolute atomic E-state index is 12.1. The number of benzene rings is 1. The molecule has 2 N–H and O–H groups in total. The van der Waals surface area contributed by atoms with E-state index in [1.165, 1.54) is 0 Å². The van der Waals surface area contributed by atoms with Gasteiger partial charge in [-0.2, -0.15) is 0 Å². The molecule has 1 saturated heterocycles. The SMILES string of the molecule is CC(NC(=O)CN1CCC[C@@H]1CO)c1ccc(Cl)cc1. The number of nitrogens with zero attached hydrogens (tertiary/aromatic N) is 1. The third-order valence-electron chi connectivity index (χ3n) is 3.80. The lowest BCUT2D eigenvalue weighted by atomic mass is 10.1. The van der Waals surface area contributed by atoms with Crippen LogP contribution in [0, 0.1) is 0 Å². The molecule has 1 aromatic carbocycles. The Labute approximate surface area is 124 Å². The molecule has 1 aliphatic rings. The predicted molar refractivity (Wildman–Crippen MR) is 79.7 cm³/mol. The van der Waals surface area contributed by atoms with Gasteiger partial charge in [0.15, 0.2) is 0 Å². The first-order chi connectivity index (χ1) is 9.60. The van der Waals surface area contributed by atoms with E-state index < -0.39 is 0 Å². The second-order valence-electron chi connectivity index (χ2n) is 5.29. The monoisotopic (exact) mass is 296 g/mol. The van der Waals surface area contributed by atoms with Crippen LogP contribution in [0.15, 0.2) is 24.3 Å². The fourth-order valence-corrected chi connectivity index (χ4v) is 2.74. The van der Waals surface area contributed by atoms with Crippen LogP contribution in [-0.2, 0) is 4.79 Å². The zero-order valence-corrected chi connectivity index (χ0v) is 12.4. The molecular formula is C15H21ClN2O2. The minimum atomic E-state index is -0.0463. The van der Waals surface area contributed by atoms with Crippen molar-refractivity contribution in [3.8, 4) is 0 Å². The van der Waals surface area contributed by atoms with E-state index >= 15 is 0 Å².